The summed E-state index contributed by atoms with van der Waals surface area (Å²) in [5.41, 5.74) is 0. The van der Waals surface area contributed by atoms with Gasteiger partial charge in [0, 0.05) is 9.35 Å². The van der Waals surface area contributed by atoms with Crippen LogP contribution in [-0.2, 0) is 0 Å². The first kappa shape index (κ1) is 9.52. The highest BCUT2D eigenvalue weighted by atomic mass is 79.9. The summed E-state index contributed by atoms with van der Waals surface area (Å²) in [6.45, 7) is 1.94. The molecule has 0 aliphatic heterocycles. The molecule has 1 N–H and O–H groups in total. The van der Waals surface area contributed by atoms with Crippen LogP contribution in [0.1, 0.15) is 24.3 Å². The van der Waals surface area contributed by atoms with Crippen molar-refractivity contribution in [3.8, 4) is 0 Å². The molecule has 0 saturated carbocycles. The first-order chi connectivity index (χ1) is 5.15. The maximum Gasteiger partial charge on any atom is 0.107 e. The van der Waals surface area contributed by atoms with Gasteiger partial charge in [-0.25, -0.2) is 0 Å². The van der Waals surface area contributed by atoms with Crippen LogP contribution in [0.3, 0.4) is 0 Å². The lowest BCUT2D eigenvalue weighted by Gasteiger charge is -2.01. The molecule has 1 rings (SSSR count). The van der Waals surface area contributed by atoms with Crippen LogP contribution in [-0.4, -0.2) is 5.11 Å². The number of hydrogen-bond donors (Lipinski definition) is 1. The van der Waals surface area contributed by atoms with Gasteiger partial charge in [0.15, 0.2) is 0 Å². The fourth-order valence-electron chi connectivity index (χ4n) is 0.729. The van der Waals surface area contributed by atoms with Gasteiger partial charge in [-0.1, -0.05) is 18.5 Å². The summed E-state index contributed by atoms with van der Waals surface area (Å²) in [5, 5.41) is 9.40. The third kappa shape index (κ3) is 2.18. The van der Waals surface area contributed by atoms with Gasteiger partial charge < -0.3 is 5.11 Å². The minimum Gasteiger partial charge on any atom is -0.388 e. The normalized spacial score (nSPS) is 13.5. The van der Waals surface area contributed by atoms with Crippen molar-refractivity contribution in [3.05, 3.63) is 19.8 Å². The van der Waals surface area contributed by atoms with Gasteiger partial charge in [0.2, 0.25) is 0 Å². The molecular formula is C7H8BrClOS. The highest BCUT2D eigenvalue weighted by Crippen LogP contribution is 2.35. The lowest BCUT2D eigenvalue weighted by atomic mass is 10.2. The van der Waals surface area contributed by atoms with E-state index in [1.807, 2.05) is 13.0 Å². The summed E-state index contributed by atoms with van der Waals surface area (Å²) in [7, 11) is 0. The van der Waals surface area contributed by atoms with Crippen molar-refractivity contribution in [3.63, 3.8) is 0 Å². The Balaban J connectivity index is 2.88. The Morgan fingerprint density at radius 1 is 1.82 bits per heavy atom. The molecule has 0 amide bonds. The summed E-state index contributed by atoms with van der Waals surface area (Å²) in [6, 6.07) is 1.86. The van der Waals surface area contributed by atoms with E-state index in [2.05, 4.69) is 15.9 Å². The van der Waals surface area contributed by atoms with Crippen LogP contribution in [0.15, 0.2) is 10.5 Å². The van der Waals surface area contributed by atoms with E-state index in [-0.39, 0.29) is 6.10 Å². The third-order valence-electron chi connectivity index (χ3n) is 1.38. The van der Waals surface area contributed by atoms with E-state index in [0.29, 0.717) is 4.34 Å². The molecule has 0 aliphatic carbocycles. The second-order valence-corrected chi connectivity index (χ2v) is 4.73. The molecule has 0 aliphatic rings. The molecule has 11 heavy (non-hydrogen) atoms. The number of halogens is 2. The smallest absolute Gasteiger partial charge is 0.107 e. The number of rotatable bonds is 2. The molecule has 0 saturated heterocycles. The van der Waals surface area contributed by atoms with Crippen LogP contribution < -0.4 is 0 Å². The lowest BCUT2D eigenvalue weighted by molar-refractivity contribution is 0.177. The molecule has 0 spiro atoms. The van der Waals surface area contributed by atoms with Gasteiger partial charge in [-0.15, -0.1) is 11.3 Å². The molecule has 4 heteroatoms. The molecule has 0 radical (unpaired) electrons. The van der Waals surface area contributed by atoms with E-state index >= 15 is 0 Å². The largest absolute Gasteiger partial charge is 0.388 e. The predicted octanol–water partition coefficient (Wildman–Crippen LogP) is 3.61. The Hall–Kier alpha value is 0.430. The molecule has 1 heterocycles. The van der Waals surface area contributed by atoms with Crippen LogP contribution in [0, 0.1) is 0 Å². The van der Waals surface area contributed by atoms with Crippen molar-refractivity contribution < 1.29 is 5.11 Å². The third-order valence-corrected chi connectivity index (χ3v) is 3.96. The SMILES string of the molecule is CCC(O)c1cc(Br)c(Cl)s1. The van der Waals surface area contributed by atoms with Gasteiger partial charge in [-0.3, -0.25) is 0 Å². The topological polar surface area (TPSA) is 20.2 Å². The van der Waals surface area contributed by atoms with E-state index in [9.17, 15) is 5.11 Å². The lowest BCUT2D eigenvalue weighted by Crippen LogP contribution is -1.89. The van der Waals surface area contributed by atoms with Crippen LogP contribution in [0.25, 0.3) is 0 Å². The summed E-state index contributed by atoms with van der Waals surface area (Å²) in [6.07, 6.45) is 0.354. The summed E-state index contributed by atoms with van der Waals surface area (Å²) in [5.74, 6) is 0. The molecule has 1 nitrogen and oxygen atoms in total. The monoisotopic (exact) mass is 254 g/mol. The van der Waals surface area contributed by atoms with Crippen molar-refractivity contribution in [1.82, 2.24) is 0 Å². The van der Waals surface area contributed by atoms with Crippen LogP contribution in [0.5, 0.6) is 0 Å². The molecule has 0 aromatic carbocycles. The summed E-state index contributed by atoms with van der Waals surface area (Å²) >= 11 is 10.5. The van der Waals surface area contributed by atoms with E-state index < -0.39 is 0 Å². The Labute approximate surface area is 83.1 Å². The Kier molecular flexibility index (Phi) is 3.37. The second-order valence-electron chi connectivity index (χ2n) is 2.19. The fraction of sp³-hybridized carbons (Fsp3) is 0.429. The zero-order chi connectivity index (χ0) is 8.43. The van der Waals surface area contributed by atoms with E-state index in [0.717, 1.165) is 15.8 Å². The highest BCUT2D eigenvalue weighted by molar-refractivity contribution is 9.10. The number of aliphatic hydroxyl groups is 1. The quantitative estimate of drug-likeness (QED) is 0.856. The average molecular weight is 256 g/mol. The molecular weight excluding hydrogens is 248 g/mol. The van der Waals surface area contributed by atoms with Gasteiger partial charge in [-0.2, -0.15) is 0 Å². The standard InChI is InChI=1S/C7H8BrClOS/c1-2-5(10)6-3-4(8)7(9)11-6/h3,5,10H,2H2,1H3. The molecule has 0 fully saturated rings. The molecule has 62 valence electrons. The minimum atomic E-state index is -0.371. The predicted molar refractivity (Wildman–Crippen MR) is 52.3 cm³/mol. The molecule has 1 aromatic rings. The minimum absolute atomic E-state index is 0.371. The Morgan fingerprint density at radius 3 is 2.82 bits per heavy atom. The van der Waals surface area contributed by atoms with Crippen molar-refractivity contribution in [2.45, 2.75) is 19.4 Å². The van der Waals surface area contributed by atoms with Gasteiger partial charge >= 0.3 is 0 Å². The zero-order valence-corrected chi connectivity index (χ0v) is 9.13. The van der Waals surface area contributed by atoms with Crippen LogP contribution in [0.2, 0.25) is 4.34 Å². The first-order valence-corrected chi connectivity index (χ1v) is 5.26. The van der Waals surface area contributed by atoms with Crippen molar-refractivity contribution in [2.24, 2.45) is 0 Å². The summed E-state index contributed by atoms with van der Waals surface area (Å²) < 4.78 is 1.57. The van der Waals surface area contributed by atoms with Gasteiger partial charge in [-0.05, 0) is 28.4 Å². The maximum atomic E-state index is 9.40. The zero-order valence-electron chi connectivity index (χ0n) is 5.97. The Bertz CT molecular complexity index is 229. The number of thiophene rings is 1. The van der Waals surface area contributed by atoms with Crippen molar-refractivity contribution in [2.75, 3.05) is 0 Å². The average Bonchev–Trinajstić information content (AvgIpc) is 2.31. The van der Waals surface area contributed by atoms with Gasteiger partial charge in [0.25, 0.3) is 0 Å². The first-order valence-electron chi connectivity index (χ1n) is 3.28. The van der Waals surface area contributed by atoms with E-state index in [4.69, 9.17) is 11.6 Å². The van der Waals surface area contributed by atoms with Gasteiger partial charge in [0.1, 0.15) is 4.34 Å². The molecule has 1 aromatic heterocycles. The Morgan fingerprint density at radius 2 is 2.45 bits per heavy atom. The van der Waals surface area contributed by atoms with Crippen molar-refractivity contribution in [1.29, 1.82) is 0 Å². The van der Waals surface area contributed by atoms with E-state index in [1.165, 1.54) is 11.3 Å². The van der Waals surface area contributed by atoms with Crippen molar-refractivity contribution >= 4 is 38.9 Å². The van der Waals surface area contributed by atoms with Crippen LogP contribution in [0.4, 0.5) is 0 Å². The number of aliphatic hydroxyl groups excluding tert-OH is 1. The molecule has 1 atom stereocenters. The maximum absolute atomic E-state index is 9.40. The summed E-state index contributed by atoms with van der Waals surface area (Å²) in [4.78, 5) is 0.921. The molecule has 1 unspecified atom stereocenters. The second kappa shape index (κ2) is 3.90. The fourth-order valence-corrected chi connectivity index (χ4v) is 2.53. The number of hydrogen-bond acceptors (Lipinski definition) is 2. The van der Waals surface area contributed by atoms with Crippen LogP contribution >= 0.6 is 38.9 Å². The van der Waals surface area contributed by atoms with Gasteiger partial charge in [0.05, 0.1) is 6.10 Å². The van der Waals surface area contributed by atoms with E-state index in [1.54, 1.807) is 0 Å². The highest BCUT2D eigenvalue weighted by Gasteiger charge is 2.10. The molecule has 0 bridgehead atoms.